The zero-order valence-corrected chi connectivity index (χ0v) is 49.2. The molecule has 0 saturated heterocycles. The average Bonchev–Trinajstić information content (AvgIpc) is 3.15. The van der Waals surface area contributed by atoms with Gasteiger partial charge in [0.05, 0.1) is 0 Å². The van der Waals surface area contributed by atoms with Crippen LogP contribution in [0.5, 0.6) is 23.0 Å². The highest BCUT2D eigenvalue weighted by atomic mass is 16.3. The van der Waals surface area contributed by atoms with E-state index in [1.54, 1.807) is 0 Å². The van der Waals surface area contributed by atoms with Gasteiger partial charge in [-0.05, 0) is 136 Å². The summed E-state index contributed by atoms with van der Waals surface area (Å²) in [5.41, 5.74) is 13.5. The molecule has 4 N–H and O–H groups in total. The second kappa shape index (κ2) is 22.4. The molecule has 68 heavy (non-hydrogen) atoms. The maximum atomic E-state index is 10.5. The van der Waals surface area contributed by atoms with Crippen LogP contribution < -0.4 is 0 Å². The Morgan fingerprint density at radius 1 is 0.221 bits per heavy atom. The van der Waals surface area contributed by atoms with Gasteiger partial charge in [0.1, 0.15) is 23.0 Å². The number of phenolic OH excluding ortho intramolecular Hbond substituents is 4. The molecule has 0 unspecified atom stereocenters. The number of phenols is 4. The first kappa shape index (κ1) is 62.1. The molecule has 0 radical (unpaired) electrons. The summed E-state index contributed by atoms with van der Waals surface area (Å²) in [5, 5.41) is 41.9. The second-order valence-corrected chi connectivity index (χ2v) is 27.6. The van der Waals surface area contributed by atoms with Gasteiger partial charge in [-0.15, -0.1) is 0 Å². The fraction of sp³-hybridized carbons (Fsp3) is 0.625. The molecule has 0 saturated carbocycles. The van der Waals surface area contributed by atoms with Crippen LogP contribution in [0, 0.1) is 0 Å². The Morgan fingerprint density at radius 3 is 0.368 bits per heavy atom. The fourth-order valence-corrected chi connectivity index (χ4v) is 8.17. The normalized spacial score (nSPS) is 12.9. The lowest BCUT2D eigenvalue weighted by molar-refractivity contribution is 0.422. The maximum absolute atomic E-state index is 10.5. The summed E-state index contributed by atoms with van der Waals surface area (Å²) < 4.78 is 0. The molecule has 4 aromatic rings. The number of hydrogen-bond donors (Lipinski definition) is 4. The van der Waals surface area contributed by atoms with E-state index in [-0.39, 0.29) is 43.3 Å². The molecule has 0 fully saturated rings. The molecule has 0 heterocycles. The second-order valence-electron chi connectivity index (χ2n) is 27.6. The van der Waals surface area contributed by atoms with E-state index in [0.717, 1.165) is 70.2 Å². The Morgan fingerprint density at radius 2 is 0.309 bits per heavy atom. The Bertz CT molecular complexity index is 1800. The van der Waals surface area contributed by atoms with Gasteiger partial charge in [-0.2, -0.15) is 0 Å². The highest BCUT2D eigenvalue weighted by molar-refractivity contribution is 5.53. The van der Waals surface area contributed by atoms with Gasteiger partial charge in [-0.25, -0.2) is 0 Å². The van der Waals surface area contributed by atoms with Gasteiger partial charge in [-0.3, -0.25) is 0 Å². The Kier molecular flexibility index (Phi) is 20.5. The molecule has 4 heteroatoms. The predicted molar refractivity (Wildman–Crippen MR) is 300 cm³/mol. The molecule has 0 aliphatic heterocycles. The lowest BCUT2D eigenvalue weighted by atomic mass is 9.78. The van der Waals surface area contributed by atoms with Crippen LogP contribution in [0.15, 0.2) is 48.5 Å². The van der Waals surface area contributed by atoms with E-state index >= 15 is 0 Å². The van der Waals surface area contributed by atoms with Gasteiger partial charge in [0.15, 0.2) is 0 Å². The largest absolute Gasteiger partial charge is 0.507 e. The van der Waals surface area contributed by atoms with Gasteiger partial charge >= 0.3 is 0 Å². The number of rotatable bonds is 4. The molecule has 0 atom stereocenters. The van der Waals surface area contributed by atoms with Crippen LogP contribution in [0.1, 0.15) is 261 Å². The van der Waals surface area contributed by atoms with Crippen molar-refractivity contribution in [2.75, 3.05) is 0 Å². The van der Waals surface area contributed by atoms with Crippen LogP contribution in [0.25, 0.3) is 0 Å². The molecular weight excluding hydrogens is 833 g/mol. The van der Waals surface area contributed by atoms with E-state index in [1.807, 2.05) is 0 Å². The summed E-state index contributed by atoms with van der Waals surface area (Å²) >= 11 is 0. The van der Waals surface area contributed by atoms with Gasteiger partial charge < -0.3 is 20.4 Å². The Hall–Kier alpha value is -3.92. The van der Waals surface area contributed by atoms with Crippen molar-refractivity contribution in [3.63, 3.8) is 0 Å². The van der Waals surface area contributed by atoms with Crippen molar-refractivity contribution in [2.24, 2.45) is 0 Å². The minimum atomic E-state index is -0.0186. The Balaban J connectivity index is 0.000000453. The van der Waals surface area contributed by atoms with E-state index in [2.05, 4.69) is 242 Å². The molecular formula is C64H104O4. The zero-order chi connectivity index (χ0) is 53.7. The Labute approximate surface area is 419 Å². The molecule has 0 aromatic heterocycles. The van der Waals surface area contributed by atoms with Gasteiger partial charge in [0.2, 0.25) is 0 Å². The third-order valence-corrected chi connectivity index (χ3v) is 12.8. The van der Waals surface area contributed by atoms with Crippen molar-refractivity contribution in [3.8, 4) is 23.0 Å². The maximum Gasteiger partial charge on any atom is 0.123 e. The van der Waals surface area contributed by atoms with Crippen molar-refractivity contribution in [1.29, 1.82) is 0 Å². The first-order valence-electron chi connectivity index (χ1n) is 25.8. The van der Waals surface area contributed by atoms with Gasteiger partial charge in [-0.1, -0.05) is 242 Å². The van der Waals surface area contributed by atoms with Crippen molar-refractivity contribution < 1.29 is 20.4 Å². The third-order valence-electron chi connectivity index (χ3n) is 12.8. The zero-order valence-electron chi connectivity index (χ0n) is 49.2. The number of aromatic hydroxyl groups is 4. The van der Waals surface area contributed by atoms with E-state index in [9.17, 15) is 20.4 Å². The standard InChI is InChI=1S/4C16H26O/c4*1-8-11-9-12(15(2,3)4)14(17)13(10-11)16(5,6)7/h4*9-10,17H,8H2,1-7H3. The molecule has 0 aliphatic carbocycles. The lowest BCUT2D eigenvalue weighted by Crippen LogP contribution is -2.17. The molecule has 0 aliphatic rings. The van der Waals surface area contributed by atoms with Crippen LogP contribution in [-0.2, 0) is 69.0 Å². The van der Waals surface area contributed by atoms with E-state index in [1.165, 1.54) is 22.3 Å². The molecule has 384 valence electrons. The monoisotopic (exact) mass is 937 g/mol. The third kappa shape index (κ3) is 17.2. The van der Waals surface area contributed by atoms with E-state index in [0.29, 0.717) is 23.0 Å². The number of hydrogen-bond acceptors (Lipinski definition) is 4. The van der Waals surface area contributed by atoms with Crippen molar-refractivity contribution in [1.82, 2.24) is 0 Å². The van der Waals surface area contributed by atoms with E-state index < -0.39 is 0 Å². The summed E-state index contributed by atoms with van der Waals surface area (Å²) in [6, 6.07) is 17.1. The highest BCUT2D eigenvalue weighted by Gasteiger charge is 2.30. The summed E-state index contributed by atoms with van der Waals surface area (Å²) in [4.78, 5) is 0. The van der Waals surface area contributed by atoms with Crippen LogP contribution in [0.2, 0.25) is 0 Å². The quantitative estimate of drug-likeness (QED) is 0.164. The molecule has 0 bridgehead atoms. The topological polar surface area (TPSA) is 80.9 Å². The SMILES string of the molecule is CCc1cc(C(C)(C)C)c(O)c(C(C)(C)C)c1.CCc1cc(C(C)(C)C)c(O)c(C(C)(C)C)c1.CCc1cc(C(C)(C)C)c(O)c(C(C)(C)C)c1.CCc1cc(C(C)(C)C)c(O)c(C(C)(C)C)c1. The molecule has 0 spiro atoms. The lowest BCUT2D eigenvalue weighted by Gasteiger charge is -2.28. The first-order chi connectivity index (χ1) is 30.3. The minimum absolute atomic E-state index is 0.0186. The molecule has 0 amide bonds. The van der Waals surface area contributed by atoms with Crippen molar-refractivity contribution in [2.45, 2.75) is 263 Å². The smallest absolute Gasteiger partial charge is 0.123 e. The van der Waals surface area contributed by atoms with Gasteiger partial charge in [0, 0.05) is 0 Å². The van der Waals surface area contributed by atoms with Crippen LogP contribution in [0.3, 0.4) is 0 Å². The highest BCUT2D eigenvalue weighted by Crippen LogP contribution is 2.43. The van der Waals surface area contributed by atoms with Gasteiger partial charge in [0.25, 0.3) is 0 Å². The number of aryl methyl sites for hydroxylation is 4. The molecule has 4 nitrogen and oxygen atoms in total. The summed E-state index contributed by atoms with van der Waals surface area (Å²) in [5.74, 6) is 1.90. The molecule has 4 rings (SSSR count). The predicted octanol–water partition coefficient (Wildman–Crippen LogP) is 18.2. The number of benzene rings is 4. The summed E-state index contributed by atoms with van der Waals surface area (Å²) in [6.45, 7) is 60.2. The van der Waals surface area contributed by atoms with E-state index in [4.69, 9.17) is 0 Å². The fourth-order valence-electron chi connectivity index (χ4n) is 8.17. The van der Waals surface area contributed by atoms with Crippen LogP contribution in [-0.4, -0.2) is 20.4 Å². The molecule has 4 aromatic carbocycles. The van der Waals surface area contributed by atoms with Crippen LogP contribution in [0.4, 0.5) is 0 Å². The summed E-state index contributed by atoms with van der Waals surface area (Å²) in [7, 11) is 0. The average molecular weight is 938 g/mol. The first-order valence-corrected chi connectivity index (χ1v) is 25.8. The minimum Gasteiger partial charge on any atom is -0.507 e. The van der Waals surface area contributed by atoms with Crippen LogP contribution >= 0.6 is 0 Å². The summed E-state index contributed by atoms with van der Waals surface area (Å²) in [6.07, 6.45) is 4.03. The van der Waals surface area contributed by atoms with Crippen molar-refractivity contribution >= 4 is 0 Å². The van der Waals surface area contributed by atoms with Crippen molar-refractivity contribution in [3.05, 3.63) is 115 Å².